The molecule has 1 fully saturated rings. The van der Waals surface area contributed by atoms with Crippen molar-refractivity contribution in [2.75, 3.05) is 46.9 Å². The van der Waals surface area contributed by atoms with Crippen LogP contribution in [0.15, 0.2) is 22.5 Å². The van der Waals surface area contributed by atoms with E-state index >= 15 is 0 Å². The maximum Gasteiger partial charge on any atom is 0.193 e. The van der Waals surface area contributed by atoms with Crippen LogP contribution in [0.5, 0.6) is 0 Å². The second-order valence-corrected chi connectivity index (χ2v) is 7.31. The molecule has 1 unspecified atom stereocenters. The number of hydrogen-bond donors (Lipinski definition) is 1. The van der Waals surface area contributed by atoms with Crippen molar-refractivity contribution < 1.29 is 4.74 Å². The van der Waals surface area contributed by atoms with Crippen molar-refractivity contribution in [1.82, 2.24) is 15.1 Å². The van der Waals surface area contributed by atoms with Crippen molar-refractivity contribution in [2.24, 2.45) is 4.99 Å². The lowest BCUT2D eigenvalue weighted by Crippen LogP contribution is -2.47. The highest BCUT2D eigenvalue weighted by atomic mass is 32.1. The molecule has 2 heterocycles. The molecule has 1 atom stereocenters. The predicted octanol–water partition coefficient (Wildman–Crippen LogP) is 2.82. The van der Waals surface area contributed by atoms with Crippen LogP contribution in [0.4, 0.5) is 0 Å². The Morgan fingerprint density at radius 3 is 2.71 bits per heavy atom. The Kier molecular flexibility index (Phi) is 8.02. The fourth-order valence-electron chi connectivity index (χ4n) is 3.06. The second kappa shape index (κ2) is 10.0. The first-order valence-electron chi connectivity index (χ1n) is 9.00. The number of guanidine groups is 1. The Hall–Kier alpha value is -1.11. The van der Waals surface area contributed by atoms with Gasteiger partial charge in [-0.2, -0.15) is 0 Å². The highest BCUT2D eigenvalue weighted by Gasteiger charge is 2.22. The zero-order valence-corrected chi connectivity index (χ0v) is 16.3. The van der Waals surface area contributed by atoms with Crippen molar-refractivity contribution >= 4 is 17.3 Å². The molecule has 1 aromatic heterocycles. The standard InChI is InChI=1S/C18H32N4OS/c1-5-19-18(22-11-9-15(10-12-22)23-6-2)20-14-16(21(3)4)17-8-7-13-24-17/h7-8,13,15-16H,5-6,9-12,14H2,1-4H3,(H,19,20). The third-order valence-corrected chi connectivity index (χ3v) is 5.36. The van der Waals surface area contributed by atoms with E-state index in [0.717, 1.165) is 51.6 Å². The number of piperidine rings is 1. The molecule has 0 spiro atoms. The number of thiophene rings is 1. The molecule has 0 saturated carbocycles. The van der Waals surface area contributed by atoms with Gasteiger partial charge < -0.3 is 19.9 Å². The van der Waals surface area contributed by atoms with Crippen molar-refractivity contribution in [3.63, 3.8) is 0 Å². The van der Waals surface area contributed by atoms with Gasteiger partial charge in [0, 0.05) is 31.1 Å². The quantitative estimate of drug-likeness (QED) is 0.605. The van der Waals surface area contributed by atoms with Crippen molar-refractivity contribution in [3.05, 3.63) is 22.4 Å². The molecular formula is C18H32N4OS. The number of likely N-dealkylation sites (tertiary alicyclic amines) is 1. The molecule has 1 N–H and O–H groups in total. The summed E-state index contributed by atoms with van der Waals surface area (Å²) in [6.07, 6.45) is 2.58. The average Bonchev–Trinajstić information content (AvgIpc) is 3.09. The van der Waals surface area contributed by atoms with E-state index in [9.17, 15) is 0 Å². The molecule has 1 saturated heterocycles. The monoisotopic (exact) mass is 352 g/mol. The maximum absolute atomic E-state index is 5.76. The zero-order chi connectivity index (χ0) is 17.4. The topological polar surface area (TPSA) is 40.1 Å². The van der Waals surface area contributed by atoms with Gasteiger partial charge in [-0.3, -0.25) is 4.99 Å². The number of likely N-dealkylation sites (N-methyl/N-ethyl adjacent to an activating group) is 1. The summed E-state index contributed by atoms with van der Waals surface area (Å²) in [5.74, 6) is 1.04. The lowest BCUT2D eigenvalue weighted by Gasteiger charge is -2.34. The summed E-state index contributed by atoms with van der Waals surface area (Å²) in [5, 5.41) is 5.60. The Bertz CT molecular complexity index is 481. The SMILES string of the molecule is CCNC(=NCC(c1cccs1)N(C)C)N1CCC(OCC)CC1. The van der Waals surface area contributed by atoms with Crippen LogP contribution in [-0.4, -0.2) is 68.7 Å². The molecular weight excluding hydrogens is 320 g/mol. The van der Waals surface area contributed by atoms with Gasteiger partial charge in [0.05, 0.1) is 18.7 Å². The molecule has 2 rings (SSSR count). The molecule has 0 aliphatic carbocycles. The van der Waals surface area contributed by atoms with Crippen LogP contribution in [0, 0.1) is 0 Å². The minimum atomic E-state index is 0.333. The van der Waals surface area contributed by atoms with E-state index in [1.165, 1.54) is 4.88 Å². The molecule has 1 aliphatic heterocycles. The lowest BCUT2D eigenvalue weighted by molar-refractivity contribution is 0.0263. The zero-order valence-electron chi connectivity index (χ0n) is 15.5. The van der Waals surface area contributed by atoms with Gasteiger partial charge >= 0.3 is 0 Å². The van der Waals surface area contributed by atoms with E-state index in [2.05, 4.69) is 60.6 Å². The Labute approximate surface area is 150 Å². The van der Waals surface area contributed by atoms with Crippen LogP contribution < -0.4 is 5.32 Å². The molecule has 1 aliphatic rings. The van der Waals surface area contributed by atoms with E-state index < -0.39 is 0 Å². The van der Waals surface area contributed by atoms with Gasteiger partial charge in [0.25, 0.3) is 0 Å². The molecule has 0 amide bonds. The second-order valence-electron chi connectivity index (χ2n) is 6.33. The van der Waals surface area contributed by atoms with E-state index in [4.69, 9.17) is 9.73 Å². The predicted molar refractivity (Wildman–Crippen MR) is 103 cm³/mol. The minimum absolute atomic E-state index is 0.333. The normalized spacial score (nSPS) is 18.2. The molecule has 24 heavy (non-hydrogen) atoms. The summed E-state index contributed by atoms with van der Waals surface area (Å²) < 4.78 is 5.76. The summed E-state index contributed by atoms with van der Waals surface area (Å²) in [7, 11) is 4.25. The summed E-state index contributed by atoms with van der Waals surface area (Å²) >= 11 is 1.80. The Morgan fingerprint density at radius 2 is 2.17 bits per heavy atom. The molecule has 136 valence electrons. The van der Waals surface area contributed by atoms with Gasteiger partial charge in [0.15, 0.2) is 5.96 Å². The van der Waals surface area contributed by atoms with Gasteiger partial charge in [-0.15, -0.1) is 11.3 Å². The summed E-state index contributed by atoms with van der Waals surface area (Å²) in [4.78, 5) is 10.9. The van der Waals surface area contributed by atoms with Gasteiger partial charge in [-0.1, -0.05) is 6.07 Å². The molecule has 1 aromatic rings. The fourth-order valence-corrected chi connectivity index (χ4v) is 3.97. The fraction of sp³-hybridized carbons (Fsp3) is 0.722. The number of nitrogens with one attached hydrogen (secondary N) is 1. The first kappa shape index (κ1) is 19.2. The van der Waals surface area contributed by atoms with Crippen LogP contribution in [0.25, 0.3) is 0 Å². The first-order valence-corrected chi connectivity index (χ1v) is 9.88. The molecule has 0 aromatic carbocycles. The summed E-state index contributed by atoms with van der Waals surface area (Å²) in [6, 6.07) is 4.65. The van der Waals surface area contributed by atoms with Crippen LogP contribution in [0.2, 0.25) is 0 Å². The molecule has 0 radical (unpaired) electrons. The highest BCUT2D eigenvalue weighted by Crippen LogP contribution is 2.23. The average molecular weight is 353 g/mol. The van der Waals surface area contributed by atoms with Crippen molar-refractivity contribution in [3.8, 4) is 0 Å². The maximum atomic E-state index is 5.76. The largest absolute Gasteiger partial charge is 0.378 e. The van der Waals surface area contributed by atoms with Crippen molar-refractivity contribution in [2.45, 2.75) is 38.8 Å². The molecule has 0 bridgehead atoms. The summed E-state index contributed by atoms with van der Waals surface area (Å²) in [5.41, 5.74) is 0. The highest BCUT2D eigenvalue weighted by molar-refractivity contribution is 7.10. The van der Waals surface area contributed by atoms with Gasteiger partial charge in [0.1, 0.15) is 0 Å². The lowest BCUT2D eigenvalue weighted by atomic mass is 10.1. The van der Waals surface area contributed by atoms with Gasteiger partial charge in [-0.05, 0) is 52.2 Å². The Morgan fingerprint density at radius 1 is 1.42 bits per heavy atom. The minimum Gasteiger partial charge on any atom is -0.378 e. The number of rotatable bonds is 7. The third-order valence-electron chi connectivity index (χ3n) is 4.39. The first-order chi connectivity index (χ1) is 11.7. The number of ether oxygens (including phenoxy) is 1. The number of aliphatic imine (C=N–C) groups is 1. The number of hydrogen-bond acceptors (Lipinski definition) is 4. The third kappa shape index (κ3) is 5.46. The van der Waals surface area contributed by atoms with Crippen LogP contribution in [0.3, 0.4) is 0 Å². The van der Waals surface area contributed by atoms with Crippen LogP contribution in [-0.2, 0) is 4.74 Å². The van der Waals surface area contributed by atoms with E-state index in [0.29, 0.717) is 12.1 Å². The molecule has 6 heteroatoms. The Balaban J connectivity index is 1.99. The number of nitrogens with zero attached hydrogens (tertiary/aromatic N) is 3. The van der Waals surface area contributed by atoms with Crippen LogP contribution in [0.1, 0.15) is 37.6 Å². The van der Waals surface area contributed by atoms with Gasteiger partial charge in [0.2, 0.25) is 0 Å². The van der Waals surface area contributed by atoms with E-state index in [1.807, 2.05) is 0 Å². The summed E-state index contributed by atoms with van der Waals surface area (Å²) in [6.45, 7) is 8.72. The van der Waals surface area contributed by atoms with E-state index in [-0.39, 0.29) is 0 Å². The van der Waals surface area contributed by atoms with Crippen LogP contribution >= 0.6 is 11.3 Å². The van der Waals surface area contributed by atoms with Gasteiger partial charge in [-0.25, -0.2) is 0 Å². The molecule has 5 nitrogen and oxygen atoms in total. The van der Waals surface area contributed by atoms with E-state index in [1.54, 1.807) is 11.3 Å². The van der Waals surface area contributed by atoms with Crippen molar-refractivity contribution in [1.29, 1.82) is 0 Å². The smallest absolute Gasteiger partial charge is 0.193 e.